The number of fused-ring (bicyclic) bond motifs is 1. The summed E-state index contributed by atoms with van der Waals surface area (Å²) in [5, 5.41) is 6.35. The van der Waals surface area contributed by atoms with Gasteiger partial charge in [-0.1, -0.05) is 56.3 Å². The van der Waals surface area contributed by atoms with E-state index in [-0.39, 0.29) is 17.7 Å². The van der Waals surface area contributed by atoms with Crippen molar-refractivity contribution in [2.45, 2.75) is 39.3 Å². The summed E-state index contributed by atoms with van der Waals surface area (Å²) in [6, 6.07) is 25.1. The van der Waals surface area contributed by atoms with Gasteiger partial charge in [-0.3, -0.25) is 9.59 Å². The van der Waals surface area contributed by atoms with E-state index in [9.17, 15) is 9.59 Å². The third-order valence-electron chi connectivity index (χ3n) is 6.08. The molecule has 0 bridgehead atoms. The number of carbonyl (C=O) groups excluding carboxylic acids is 2. The number of benzene rings is 3. The molecule has 5 nitrogen and oxygen atoms in total. The number of nitrogens with one attached hydrogen (secondary N) is 2. The van der Waals surface area contributed by atoms with E-state index in [1.165, 1.54) is 0 Å². The first-order chi connectivity index (χ1) is 15.5. The van der Waals surface area contributed by atoms with Crippen LogP contribution in [0.4, 0.5) is 17.1 Å². The van der Waals surface area contributed by atoms with Crippen LogP contribution in [0.15, 0.2) is 78.9 Å². The number of amides is 2. The third kappa shape index (κ3) is 4.83. The molecule has 1 aliphatic heterocycles. The maximum Gasteiger partial charge on any atom is 0.247 e. The van der Waals surface area contributed by atoms with E-state index >= 15 is 0 Å². The standard InChI is InChI=1S/C27H29N3O2/c1-3-19(2)27(32)30-18-21-10-8-7-9-20(21)17-25(30)26(31)29-24-15-13-23(14-16-24)28-22-11-5-4-6-12-22/h4-16,19,25,28H,3,17-18H2,1-2H3,(H,29,31). The molecule has 32 heavy (non-hydrogen) atoms. The first-order valence-electron chi connectivity index (χ1n) is 11.2. The summed E-state index contributed by atoms with van der Waals surface area (Å²) in [6.07, 6.45) is 1.28. The van der Waals surface area contributed by atoms with Gasteiger partial charge in [0, 0.05) is 35.9 Å². The molecule has 0 saturated heterocycles. The number of hydrogen-bond acceptors (Lipinski definition) is 3. The second-order valence-corrected chi connectivity index (χ2v) is 8.32. The van der Waals surface area contributed by atoms with E-state index in [1.54, 1.807) is 4.90 Å². The van der Waals surface area contributed by atoms with E-state index in [4.69, 9.17) is 0 Å². The monoisotopic (exact) mass is 427 g/mol. The average Bonchev–Trinajstić information content (AvgIpc) is 2.84. The summed E-state index contributed by atoms with van der Waals surface area (Å²) in [7, 11) is 0. The Kier molecular flexibility index (Phi) is 6.55. The number of carbonyl (C=O) groups is 2. The summed E-state index contributed by atoms with van der Waals surface area (Å²) < 4.78 is 0. The van der Waals surface area contributed by atoms with E-state index < -0.39 is 6.04 Å². The van der Waals surface area contributed by atoms with Gasteiger partial charge in [-0.15, -0.1) is 0 Å². The average molecular weight is 428 g/mol. The number of para-hydroxylation sites is 1. The lowest BCUT2D eigenvalue weighted by Gasteiger charge is -2.37. The fourth-order valence-corrected chi connectivity index (χ4v) is 4.00. The SMILES string of the molecule is CCC(C)C(=O)N1Cc2ccccc2CC1C(=O)Nc1ccc(Nc2ccccc2)cc1. The highest BCUT2D eigenvalue weighted by Gasteiger charge is 2.35. The van der Waals surface area contributed by atoms with Crippen molar-refractivity contribution in [3.8, 4) is 0 Å². The van der Waals surface area contributed by atoms with Crippen LogP contribution in [0.25, 0.3) is 0 Å². The Hall–Kier alpha value is -3.60. The second kappa shape index (κ2) is 9.69. The normalized spacial score (nSPS) is 16.1. The molecule has 164 valence electrons. The van der Waals surface area contributed by atoms with Gasteiger partial charge in [-0.25, -0.2) is 0 Å². The van der Waals surface area contributed by atoms with Crippen LogP contribution >= 0.6 is 0 Å². The quantitative estimate of drug-likeness (QED) is 0.556. The van der Waals surface area contributed by atoms with Crippen LogP contribution in [0.5, 0.6) is 0 Å². The molecule has 1 aliphatic rings. The van der Waals surface area contributed by atoms with Gasteiger partial charge in [0.15, 0.2) is 0 Å². The van der Waals surface area contributed by atoms with Crippen molar-refractivity contribution in [2.75, 3.05) is 10.6 Å². The van der Waals surface area contributed by atoms with E-state index in [0.29, 0.717) is 18.7 Å². The molecule has 4 rings (SSSR count). The predicted octanol–water partition coefficient (Wildman–Crippen LogP) is 5.37. The van der Waals surface area contributed by atoms with Crippen LogP contribution in [0, 0.1) is 5.92 Å². The van der Waals surface area contributed by atoms with Gasteiger partial charge in [-0.2, -0.15) is 0 Å². The highest BCUT2D eigenvalue weighted by atomic mass is 16.2. The van der Waals surface area contributed by atoms with Crippen LogP contribution in [-0.4, -0.2) is 22.8 Å². The van der Waals surface area contributed by atoms with Gasteiger partial charge < -0.3 is 15.5 Å². The molecule has 3 aromatic rings. The van der Waals surface area contributed by atoms with Crippen LogP contribution in [0.1, 0.15) is 31.4 Å². The van der Waals surface area contributed by atoms with Crippen molar-refractivity contribution < 1.29 is 9.59 Å². The van der Waals surface area contributed by atoms with Gasteiger partial charge in [0.1, 0.15) is 6.04 Å². The van der Waals surface area contributed by atoms with Gasteiger partial charge in [-0.05, 0) is 53.9 Å². The number of rotatable bonds is 6. The molecule has 0 aromatic heterocycles. The Morgan fingerprint density at radius 1 is 0.875 bits per heavy atom. The topological polar surface area (TPSA) is 61.4 Å². The smallest absolute Gasteiger partial charge is 0.247 e. The summed E-state index contributed by atoms with van der Waals surface area (Å²) >= 11 is 0. The van der Waals surface area contributed by atoms with E-state index in [2.05, 4.69) is 10.6 Å². The summed E-state index contributed by atoms with van der Waals surface area (Å²) in [5.74, 6) is -0.233. The molecule has 2 atom stereocenters. The largest absolute Gasteiger partial charge is 0.356 e. The predicted molar refractivity (Wildman–Crippen MR) is 129 cm³/mol. The Labute approximate surface area is 189 Å². The third-order valence-corrected chi connectivity index (χ3v) is 6.08. The molecule has 0 saturated carbocycles. The second-order valence-electron chi connectivity index (χ2n) is 8.32. The molecular weight excluding hydrogens is 398 g/mol. The Balaban J connectivity index is 1.49. The zero-order valence-electron chi connectivity index (χ0n) is 18.5. The summed E-state index contributed by atoms with van der Waals surface area (Å²) in [6.45, 7) is 4.40. The lowest BCUT2D eigenvalue weighted by Crippen LogP contribution is -2.52. The fourth-order valence-electron chi connectivity index (χ4n) is 4.00. The Morgan fingerprint density at radius 2 is 1.47 bits per heavy atom. The van der Waals surface area contributed by atoms with Crippen molar-refractivity contribution in [3.63, 3.8) is 0 Å². The highest BCUT2D eigenvalue weighted by molar-refractivity contribution is 5.98. The molecule has 2 unspecified atom stereocenters. The van der Waals surface area contributed by atoms with Gasteiger partial charge >= 0.3 is 0 Å². The van der Waals surface area contributed by atoms with Crippen LogP contribution < -0.4 is 10.6 Å². The van der Waals surface area contributed by atoms with Crippen molar-refractivity contribution in [1.82, 2.24) is 4.90 Å². The molecule has 0 fully saturated rings. The van der Waals surface area contributed by atoms with Crippen LogP contribution in [0.3, 0.4) is 0 Å². The van der Waals surface area contributed by atoms with Crippen molar-refractivity contribution >= 4 is 28.9 Å². The molecule has 2 amide bonds. The van der Waals surface area contributed by atoms with Crippen LogP contribution in [-0.2, 0) is 22.6 Å². The highest BCUT2D eigenvalue weighted by Crippen LogP contribution is 2.27. The van der Waals surface area contributed by atoms with Gasteiger partial charge in [0.25, 0.3) is 0 Å². The molecular formula is C27H29N3O2. The number of anilines is 3. The van der Waals surface area contributed by atoms with Crippen molar-refractivity contribution in [1.29, 1.82) is 0 Å². The van der Waals surface area contributed by atoms with Gasteiger partial charge in [0.2, 0.25) is 11.8 Å². The lowest BCUT2D eigenvalue weighted by molar-refractivity contribution is -0.143. The zero-order valence-corrected chi connectivity index (χ0v) is 18.5. The maximum absolute atomic E-state index is 13.3. The van der Waals surface area contributed by atoms with Crippen molar-refractivity contribution in [3.05, 3.63) is 90.0 Å². The molecule has 2 N–H and O–H groups in total. The zero-order chi connectivity index (χ0) is 22.5. The molecule has 0 radical (unpaired) electrons. The first-order valence-corrected chi connectivity index (χ1v) is 11.2. The maximum atomic E-state index is 13.3. The Morgan fingerprint density at radius 3 is 2.16 bits per heavy atom. The lowest BCUT2D eigenvalue weighted by atomic mass is 9.92. The minimum Gasteiger partial charge on any atom is -0.356 e. The minimum atomic E-state index is -0.520. The van der Waals surface area contributed by atoms with Crippen molar-refractivity contribution in [2.24, 2.45) is 5.92 Å². The first kappa shape index (κ1) is 21.6. The number of hydrogen-bond donors (Lipinski definition) is 2. The molecule has 0 aliphatic carbocycles. The molecule has 5 heteroatoms. The van der Waals surface area contributed by atoms with E-state index in [1.807, 2.05) is 92.7 Å². The summed E-state index contributed by atoms with van der Waals surface area (Å²) in [5.41, 5.74) is 4.90. The van der Waals surface area contributed by atoms with Crippen LogP contribution in [0.2, 0.25) is 0 Å². The Bertz CT molecular complexity index is 1080. The fraction of sp³-hybridized carbons (Fsp3) is 0.259. The van der Waals surface area contributed by atoms with E-state index in [0.717, 1.165) is 28.9 Å². The molecule has 0 spiro atoms. The minimum absolute atomic E-state index is 0.0320. The van der Waals surface area contributed by atoms with Gasteiger partial charge in [0.05, 0.1) is 0 Å². The summed E-state index contributed by atoms with van der Waals surface area (Å²) in [4.78, 5) is 28.1. The number of nitrogens with zero attached hydrogens (tertiary/aromatic N) is 1. The molecule has 1 heterocycles. The molecule has 3 aromatic carbocycles.